The van der Waals surface area contributed by atoms with Gasteiger partial charge in [-0.05, 0) is 56.2 Å². The van der Waals surface area contributed by atoms with Gasteiger partial charge in [-0.3, -0.25) is 0 Å². The summed E-state index contributed by atoms with van der Waals surface area (Å²) in [6, 6.07) is 9.53. The first-order chi connectivity index (χ1) is 9.22. The summed E-state index contributed by atoms with van der Waals surface area (Å²) in [5.74, 6) is 1.90. The lowest BCUT2D eigenvalue weighted by atomic mass is 9.84. The summed E-state index contributed by atoms with van der Waals surface area (Å²) in [5.41, 5.74) is 1.35. The Bertz CT molecular complexity index is 365. The van der Waals surface area contributed by atoms with Gasteiger partial charge < -0.3 is 10.1 Å². The molecule has 1 fully saturated rings. The summed E-state index contributed by atoms with van der Waals surface area (Å²) in [6.07, 6.45) is 6.80. The molecule has 0 spiro atoms. The molecule has 2 rings (SSSR count). The minimum Gasteiger partial charge on any atom is -0.497 e. The Morgan fingerprint density at radius 3 is 2.32 bits per heavy atom. The lowest BCUT2D eigenvalue weighted by Gasteiger charge is -2.31. The van der Waals surface area contributed by atoms with Gasteiger partial charge in [-0.2, -0.15) is 0 Å². The second-order valence-electron chi connectivity index (χ2n) is 5.79. The first-order valence-electron chi connectivity index (χ1n) is 7.63. The molecule has 0 amide bonds. The largest absolute Gasteiger partial charge is 0.497 e. The summed E-state index contributed by atoms with van der Waals surface area (Å²) in [7, 11) is 1.71. The summed E-state index contributed by atoms with van der Waals surface area (Å²) >= 11 is 0. The predicted octanol–water partition coefficient (Wildman–Crippen LogP) is 4.31. The Balaban J connectivity index is 1.85. The van der Waals surface area contributed by atoms with Crippen molar-refractivity contribution in [3.8, 4) is 5.75 Å². The highest BCUT2D eigenvalue weighted by atomic mass is 16.5. The molecule has 2 heteroatoms. The SMILES string of the molecule is CCC1CCC(NC(C)c2ccc(OC)cc2)CC1. The summed E-state index contributed by atoms with van der Waals surface area (Å²) in [5, 5.41) is 3.78. The smallest absolute Gasteiger partial charge is 0.118 e. The molecule has 2 nitrogen and oxygen atoms in total. The third kappa shape index (κ3) is 3.97. The van der Waals surface area contributed by atoms with Crippen LogP contribution in [-0.4, -0.2) is 13.2 Å². The molecule has 1 aliphatic carbocycles. The zero-order valence-corrected chi connectivity index (χ0v) is 12.5. The van der Waals surface area contributed by atoms with Crippen molar-refractivity contribution in [1.29, 1.82) is 0 Å². The van der Waals surface area contributed by atoms with E-state index < -0.39 is 0 Å². The van der Waals surface area contributed by atoms with Crippen molar-refractivity contribution in [1.82, 2.24) is 5.32 Å². The molecule has 1 aromatic carbocycles. The normalized spacial score (nSPS) is 25.0. The number of hydrogen-bond acceptors (Lipinski definition) is 2. The summed E-state index contributed by atoms with van der Waals surface area (Å²) < 4.78 is 5.20. The standard InChI is InChI=1S/C17H27NO/c1-4-14-5-9-16(10-6-14)18-13(2)15-7-11-17(19-3)12-8-15/h7-8,11-14,16,18H,4-6,9-10H2,1-3H3. The molecule has 0 bridgehead atoms. The third-order valence-electron chi connectivity index (χ3n) is 4.53. The molecule has 106 valence electrons. The Hall–Kier alpha value is -1.02. The lowest BCUT2D eigenvalue weighted by molar-refractivity contribution is 0.273. The molecule has 0 aromatic heterocycles. The zero-order chi connectivity index (χ0) is 13.7. The van der Waals surface area contributed by atoms with Gasteiger partial charge in [0, 0.05) is 12.1 Å². The van der Waals surface area contributed by atoms with Crippen LogP contribution < -0.4 is 10.1 Å². The molecule has 0 heterocycles. The molecule has 1 unspecified atom stereocenters. The number of benzene rings is 1. The summed E-state index contributed by atoms with van der Waals surface area (Å²) in [4.78, 5) is 0. The van der Waals surface area contributed by atoms with Crippen molar-refractivity contribution < 1.29 is 4.74 Å². The number of methoxy groups -OCH3 is 1. The van der Waals surface area contributed by atoms with E-state index in [4.69, 9.17) is 4.74 Å². The van der Waals surface area contributed by atoms with Crippen LogP contribution in [0.3, 0.4) is 0 Å². The maximum Gasteiger partial charge on any atom is 0.118 e. The molecule has 1 aromatic rings. The van der Waals surface area contributed by atoms with Gasteiger partial charge in [0.2, 0.25) is 0 Å². The maximum atomic E-state index is 5.20. The van der Waals surface area contributed by atoms with Crippen molar-refractivity contribution >= 4 is 0 Å². The number of ether oxygens (including phenoxy) is 1. The van der Waals surface area contributed by atoms with Crippen LogP contribution in [0.2, 0.25) is 0 Å². The van der Waals surface area contributed by atoms with Crippen molar-refractivity contribution in [2.24, 2.45) is 5.92 Å². The fourth-order valence-electron chi connectivity index (χ4n) is 3.08. The van der Waals surface area contributed by atoms with E-state index >= 15 is 0 Å². The van der Waals surface area contributed by atoms with Crippen molar-refractivity contribution in [2.75, 3.05) is 7.11 Å². The molecular formula is C17H27NO. The topological polar surface area (TPSA) is 21.3 Å². The molecular weight excluding hydrogens is 234 g/mol. The van der Waals surface area contributed by atoms with Gasteiger partial charge in [0.15, 0.2) is 0 Å². The lowest BCUT2D eigenvalue weighted by Crippen LogP contribution is -2.34. The van der Waals surface area contributed by atoms with Gasteiger partial charge in [0.1, 0.15) is 5.75 Å². The Labute approximate surface area is 117 Å². The minimum atomic E-state index is 0.425. The van der Waals surface area contributed by atoms with E-state index in [1.807, 2.05) is 12.1 Å². The first kappa shape index (κ1) is 14.4. The highest BCUT2D eigenvalue weighted by Gasteiger charge is 2.21. The Morgan fingerprint density at radius 2 is 1.79 bits per heavy atom. The maximum absolute atomic E-state index is 5.20. The molecule has 1 aliphatic rings. The minimum absolute atomic E-state index is 0.425. The van der Waals surface area contributed by atoms with Crippen LogP contribution in [0.4, 0.5) is 0 Å². The fourth-order valence-corrected chi connectivity index (χ4v) is 3.08. The van der Waals surface area contributed by atoms with E-state index in [9.17, 15) is 0 Å². The van der Waals surface area contributed by atoms with Crippen LogP contribution in [0.5, 0.6) is 5.75 Å². The van der Waals surface area contributed by atoms with Gasteiger partial charge >= 0.3 is 0 Å². The highest BCUT2D eigenvalue weighted by molar-refractivity contribution is 5.28. The second-order valence-corrected chi connectivity index (χ2v) is 5.79. The van der Waals surface area contributed by atoms with E-state index in [0.717, 1.165) is 11.7 Å². The van der Waals surface area contributed by atoms with Crippen molar-refractivity contribution in [2.45, 2.75) is 58.0 Å². The highest BCUT2D eigenvalue weighted by Crippen LogP contribution is 2.28. The first-order valence-corrected chi connectivity index (χ1v) is 7.63. The van der Waals surface area contributed by atoms with Gasteiger partial charge in [-0.1, -0.05) is 25.5 Å². The van der Waals surface area contributed by atoms with Crippen LogP contribution in [0, 0.1) is 5.92 Å². The fraction of sp³-hybridized carbons (Fsp3) is 0.647. The zero-order valence-electron chi connectivity index (χ0n) is 12.5. The second kappa shape index (κ2) is 6.95. The number of nitrogens with one attached hydrogen (secondary N) is 1. The van der Waals surface area contributed by atoms with Gasteiger partial charge in [0.05, 0.1) is 7.11 Å². The van der Waals surface area contributed by atoms with Crippen LogP contribution in [0.25, 0.3) is 0 Å². The Kier molecular flexibility index (Phi) is 5.26. The van der Waals surface area contributed by atoms with E-state index in [2.05, 4.69) is 31.3 Å². The van der Waals surface area contributed by atoms with E-state index in [1.165, 1.54) is 37.7 Å². The average Bonchev–Trinajstić information content (AvgIpc) is 2.48. The predicted molar refractivity (Wildman–Crippen MR) is 80.6 cm³/mol. The van der Waals surface area contributed by atoms with Crippen LogP contribution in [-0.2, 0) is 0 Å². The number of hydrogen-bond donors (Lipinski definition) is 1. The molecule has 0 radical (unpaired) electrons. The van der Waals surface area contributed by atoms with Gasteiger partial charge in [-0.25, -0.2) is 0 Å². The van der Waals surface area contributed by atoms with Gasteiger partial charge in [-0.15, -0.1) is 0 Å². The molecule has 0 aliphatic heterocycles. The Morgan fingerprint density at radius 1 is 1.16 bits per heavy atom. The van der Waals surface area contributed by atoms with Crippen LogP contribution >= 0.6 is 0 Å². The number of rotatable bonds is 5. The quantitative estimate of drug-likeness (QED) is 0.852. The van der Waals surface area contributed by atoms with Gasteiger partial charge in [0.25, 0.3) is 0 Å². The van der Waals surface area contributed by atoms with E-state index in [1.54, 1.807) is 7.11 Å². The van der Waals surface area contributed by atoms with E-state index in [0.29, 0.717) is 12.1 Å². The van der Waals surface area contributed by atoms with Crippen LogP contribution in [0.1, 0.15) is 57.6 Å². The molecule has 0 saturated heterocycles. The van der Waals surface area contributed by atoms with Crippen molar-refractivity contribution in [3.05, 3.63) is 29.8 Å². The average molecular weight is 261 g/mol. The molecule has 1 atom stereocenters. The monoisotopic (exact) mass is 261 g/mol. The molecule has 1 saturated carbocycles. The van der Waals surface area contributed by atoms with Crippen LogP contribution in [0.15, 0.2) is 24.3 Å². The molecule has 19 heavy (non-hydrogen) atoms. The van der Waals surface area contributed by atoms with E-state index in [-0.39, 0.29) is 0 Å². The third-order valence-corrected chi connectivity index (χ3v) is 4.53. The summed E-state index contributed by atoms with van der Waals surface area (Å²) in [6.45, 7) is 4.58. The molecule has 1 N–H and O–H groups in total. The van der Waals surface area contributed by atoms with Crippen molar-refractivity contribution in [3.63, 3.8) is 0 Å².